The number of nitriles is 1. The van der Waals surface area contributed by atoms with Crippen molar-refractivity contribution in [2.24, 2.45) is 0 Å². The second-order valence-electron chi connectivity index (χ2n) is 4.84. The maximum atomic E-state index is 9.32. The number of halogens is 1. The SMILES string of the molecule is CCc1ccccc1OCCC(C#N)c1cccc(Cl)c1. The van der Waals surface area contributed by atoms with Crippen molar-refractivity contribution in [2.45, 2.75) is 25.7 Å². The molecule has 0 aromatic heterocycles. The summed E-state index contributed by atoms with van der Waals surface area (Å²) in [5.41, 5.74) is 2.13. The van der Waals surface area contributed by atoms with Gasteiger partial charge < -0.3 is 4.74 Å². The van der Waals surface area contributed by atoms with Crippen LogP contribution in [-0.2, 0) is 6.42 Å². The fraction of sp³-hybridized carbons (Fsp3) is 0.278. The second kappa shape index (κ2) is 7.71. The van der Waals surface area contributed by atoms with Crippen LogP contribution in [0.5, 0.6) is 5.75 Å². The molecule has 0 fully saturated rings. The quantitative estimate of drug-likeness (QED) is 0.753. The summed E-state index contributed by atoms with van der Waals surface area (Å²) in [7, 11) is 0. The summed E-state index contributed by atoms with van der Waals surface area (Å²) in [4.78, 5) is 0. The van der Waals surface area contributed by atoms with Gasteiger partial charge in [0.15, 0.2) is 0 Å². The van der Waals surface area contributed by atoms with Gasteiger partial charge >= 0.3 is 0 Å². The van der Waals surface area contributed by atoms with Crippen LogP contribution < -0.4 is 4.74 Å². The third kappa shape index (κ3) is 4.24. The lowest BCUT2D eigenvalue weighted by Gasteiger charge is -2.13. The van der Waals surface area contributed by atoms with Gasteiger partial charge in [-0.1, -0.05) is 48.9 Å². The summed E-state index contributed by atoms with van der Waals surface area (Å²) >= 11 is 5.97. The fourth-order valence-electron chi connectivity index (χ4n) is 2.25. The van der Waals surface area contributed by atoms with E-state index in [2.05, 4.69) is 19.1 Å². The number of rotatable bonds is 6. The van der Waals surface area contributed by atoms with Gasteiger partial charge in [-0.15, -0.1) is 0 Å². The first kappa shape index (κ1) is 15.4. The Bertz CT molecular complexity index is 633. The van der Waals surface area contributed by atoms with E-state index in [0.717, 1.165) is 17.7 Å². The lowest BCUT2D eigenvalue weighted by molar-refractivity contribution is 0.303. The molecular weight excluding hydrogens is 282 g/mol. The number of para-hydroxylation sites is 1. The Balaban J connectivity index is 1.97. The zero-order valence-corrected chi connectivity index (χ0v) is 12.8. The molecule has 0 aliphatic heterocycles. The predicted octanol–water partition coefficient (Wildman–Crippen LogP) is 4.98. The molecule has 1 unspecified atom stereocenters. The summed E-state index contributed by atoms with van der Waals surface area (Å²) < 4.78 is 5.83. The molecule has 2 aromatic rings. The molecule has 3 heteroatoms. The van der Waals surface area contributed by atoms with E-state index in [0.29, 0.717) is 18.1 Å². The molecule has 0 bridgehead atoms. The van der Waals surface area contributed by atoms with E-state index in [4.69, 9.17) is 16.3 Å². The molecule has 108 valence electrons. The first-order chi connectivity index (χ1) is 10.2. The molecule has 0 aliphatic carbocycles. The first-order valence-electron chi connectivity index (χ1n) is 7.10. The van der Waals surface area contributed by atoms with Gasteiger partial charge in [-0.25, -0.2) is 0 Å². The monoisotopic (exact) mass is 299 g/mol. The average molecular weight is 300 g/mol. The number of hydrogen-bond donors (Lipinski definition) is 0. The molecule has 0 aliphatic rings. The zero-order valence-electron chi connectivity index (χ0n) is 12.1. The van der Waals surface area contributed by atoms with Crippen molar-refractivity contribution in [3.05, 3.63) is 64.7 Å². The molecule has 0 amide bonds. The fourth-order valence-corrected chi connectivity index (χ4v) is 2.45. The van der Waals surface area contributed by atoms with Gasteiger partial charge in [-0.2, -0.15) is 5.26 Å². The van der Waals surface area contributed by atoms with Crippen LogP contribution in [0.3, 0.4) is 0 Å². The van der Waals surface area contributed by atoms with E-state index in [-0.39, 0.29) is 5.92 Å². The van der Waals surface area contributed by atoms with Crippen molar-refractivity contribution in [3.8, 4) is 11.8 Å². The van der Waals surface area contributed by atoms with Gasteiger partial charge in [0, 0.05) is 11.4 Å². The second-order valence-corrected chi connectivity index (χ2v) is 5.27. The Morgan fingerprint density at radius 1 is 1.19 bits per heavy atom. The maximum absolute atomic E-state index is 9.32. The molecule has 0 saturated carbocycles. The summed E-state index contributed by atoms with van der Waals surface area (Å²) in [6.07, 6.45) is 1.58. The van der Waals surface area contributed by atoms with Gasteiger partial charge in [0.05, 0.1) is 18.6 Å². The van der Waals surface area contributed by atoms with Crippen LogP contribution in [0.2, 0.25) is 5.02 Å². The minimum absolute atomic E-state index is 0.197. The molecule has 2 nitrogen and oxygen atoms in total. The third-order valence-electron chi connectivity index (χ3n) is 3.42. The van der Waals surface area contributed by atoms with Crippen molar-refractivity contribution >= 4 is 11.6 Å². The molecule has 0 radical (unpaired) electrons. The van der Waals surface area contributed by atoms with Gasteiger partial charge in [0.1, 0.15) is 5.75 Å². The summed E-state index contributed by atoms with van der Waals surface area (Å²) in [6.45, 7) is 2.62. The first-order valence-corrected chi connectivity index (χ1v) is 7.48. The highest BCUT2D eigenvalue weighted by Gasteiger charge is 2.11. The Morgan fingerprint density at radius 3 is 2.71 bits per heavy atom. The number of aryl methyl sites for hydroxylation is 1. The highest BCUT2D eigenvalue weighted by atomic mass is 35.5. The van der Waals surface area contributed by atoms with Crippen molar-refractivity contribution in [1.82, 2.24) is 0 Å². The predicted molar refractivity (Wildman–Crippen MR) is 85.7 cm³/mol. The molecule has 0 heterocycles. The summed E-state index contributed by atoms with van der Waals surface area (Å²) in [6, 6.07) is 17.8. The standard InChI is InChI=1S/C18H18ClNO/c1-2-14-6-3-4-9-18(14)21-11-10-16(13-20)15-7-5-8-17(19)12-15/h3-9,12,16H,2,10-11H2,1H3. The van der Waals surface area contributed by atoms with Crippen LogP contribution >= 0.6 is 11.6 Å². The lowest BCUT2D eigenvalue weighted by atomic mass is 9.98. The highest BCUT2D eigenvalue weighted by Crippen LogP contribution is 2.24. The molecule has 0 N–H and O–H groups in total. The Kier molecular flexibility index (Phi) is 5.66. The van der Waals surface area contributed by atoms with E-state index in [1.807, 2.05) is 42.5 Å². The van der Waals surface area contributed by atoms with Crippen LogP contribution in [0, 0.1) is 11.3 Å². The smallest absolute Gasteiger partial charge is 0.122 e. The van der Waals surface area contributed by atoms with Gasteiger partial charge in [0.2, 0.25) is 0 Å². The van der Waals surface area contributed by atoms with E-state index in [9.17, 15) is 5.26 Å². The maximum Gasteiger partial charge on any atom is 0.122 e. The van der Waals surface area contributed by atoms with Crippen LogP contribution in [0.1, 0.15) is 30.4 Å². The molecule has 2 aromatic carbocycles. The molecule has 0 saturated heterocycles. The van der Waals surface area contributed by atoms with E-state index in [1.54, 1.807) is 0 Å². The van der Waals surface area contributed by atoms with Crippen molar-refractivity contribution < 1.29 is 4.74 Å². The largest absolute Gasteiger partial charge is 0.493 e. The number of nitrogens with zero attached hydrogens (tertiary/aromatic N) is 1. The molecular formula is C18H18ClNO. The normalized spacial score (nSPS) is 11.7. The minimum Gasteiger partial charge on any atom is -0.493 e. The number of ether oxygens (including phenoxy) is 1. The Labute approximate surface area is 130 Å². The van der Waals surface area contributed by atoms with Crippen molar-refractivity contribution in [1.29, 1.82) is 5.26 Å². The van der Waals surface area contributed by atoms with Gasteiger partial charge in [0.25, 0.3) is 0 Å². The Morgan fingerprint density at radius 2 is 2.00 bits per heavy atom. The minimum atomic E-state index is -0.197. The average Bonchev–Trinajstić information content (AvgIpc) is 2.52. The topological polar surface area (TPSA) is 33.0 Å². The Hall–Kier alpha value is -1.98. The van der Waals surface area contributed by atoms with Crippen molar-refractivity contribution in [3.63, 3.8) is 0 Å². The molecule has 21 heavy (non-hydrogen) atoms. The van der Waals surface area contributed by atoms with E-state index in [1.165, 1.54) is 5.56 Å². The summed E-state index contributed by atoms with van der Waals surface area (Å²) in [5, 5.41) is 9.98. The lowest BCUT2D eigenvalue weighted by Crippen LogP contribution is -2.05. The molecule has 0 spiro atoms. The highest BCUT2D eigenvalue weighted by molar-refractivity contribution is 6.30. The van der Waals surface area contributed by atoms with Crippen molar-refractivity contribution in [2.75, 3.05) is 6.61 Å². The van der Waals surface area contributed by atoms with Gasteiger partial charge in [-0.3, -0.25) is 0 Å². The molecule has 1 atom stereocenters. The number of benzene rings is 2. The van der Waals surface area contributed by atoms with Crippen LogP contribution in [0.25, 0.3) is 0 Å². The summed E-state index contributed by atoms with van der Waals surface area (Å²) in [5.74, 6) is 0.709. The van der Waals surface area contributed by atoms with Gasteiger partial charge in [-0.05, 0) is 35.7 Å². The molecule has 2 rings (SSSR count). The number of hydrogen-bond acceptors (Lipinski definition) is 2. The van der Waals surface area contributed by atoms with E-state index < -0.39 is 0 Å². The third-order valence-corrected chi connectivity index (χ3v) is 3.66. The zero-order chi connectivity index (χ0) is 15.1. The van der Waals surface area contributed by atoms with Crippen LogP contribution in [0.15, 0.2) is 48.5 Å². The van der Waals surface area contributed by atoms with Crippen LogP contribution in [-0.4, -0.2) is 6.61 Å². The van der Waals surface area contributed by atoms with Crippen LogP contribution in [0.4, 0.5) is 0 Å². The van der Waals surface area contributed by atoms with E-state index >= 15 is 0 Å².